The summed E-state index contributed by atoms with van der Waals surface area (Å²) in [4.78, 5) is 0. The third-order valence-electron chi connectivity index (χ3n) is 1.65. The number of methoxy groups -OCH3 is 1. The fourth-order valence-electron chi connectivity index (χ4n) is 0.907. The second kappa shape index (κ2) is 4.06. The van der Waals surface area contributed by atoms with Crippen LogP contribution in [0.1, 0.15) is 11.7 Å². The van der Waals surface area contributed by atoms with E-state index < -0.39 is 0 Å². The molecule has 0 aromatic heterocycles. The summed E-state index contributed by atoms with van der Waals surface area (Å²) in [5.41, 5.74) is 8.99. The highest BCUT2D eigenvalue weighted by Crippen LogP contribution is 2.13. The predicted molar refractivity (Wildman–Crippen MR) is 47.2 cm³/mol. The van der Waals surface area contributed by atoms with E-state index in [1.807, 2.05) is 24.3 Å². The maximum absolute atomic E-state index is 5.61. The van der Waals surface area contributed by atoms with Gasteiger partial charge in [0.15, 0.2) is 0 Å². The van der Waals surface area contributed by atoms with E-state index in [1.54, 1.807) is 7.11 Å². The number of nitrogens with one attached hydrogen (secondary N) is 1. The average molecular weight is 167 g/mol. The number of hydrogen-bond acceptors (Lipinski definition) is 4. The van der Waals surface area contributed by atoms with E-state index in [1.165, 1.54) is 0 Å². The molecule has 5 N–H and O–H groups in total. The Balaban J connectivity index is 2.77. The minimum Gasteiger partial charge on any atom is -0.497 e. The topological polar surface area (TPSA) is 73.3 Å². The molecular formula is C8H13N3O. The van der Waals surface area contributed by atoms with Crippen molar-refractivity contribution in [3.63, 3.8) is 0 Å². The monoisotopic (exact) mass is 167 g/mol. The molecule has 0 spiro atoms. The lowest BCUT2D eigenvalue weighted by molar-refractivity contribution is 0.414. The Morgan fingerprint density at radius 1 is 1.33 bits per heavy atom. The van der Waals surface area contributed by atoms with E-state index in [2.05, 4.69) is 5.43 Å². The molecule has 4 nitrogen and oxygen atoms in total. The van der Waals surface area contributed by atoms with Gasteiger partial charge in [-0.25, -0.2) is 5.43 Å². The SMILES string of the molecule is COc1ccc(C(N)NN)cc1. The Hall–Kier alpha value is -1.10. The van der Waals surface area contributed by atoms with Gasteiger partial charge in [-0.15, -0.1) is 0 Å². The van der Waals surface area contributed by atoms with Gasteiger partial charge in [0.05, 0.1) is 13.3 Å². The second-order valence-electron chi connectivity index (χ2n) is 2.42. The largest absolute Gasteiger partial charge is 0.497 e. The molecule has 66 valence electrons. The number of nitrogens with two attached hydrogens (primary N) is 2. The van der Waals surface area contributed by atoms with E-state index in [9.17, 15) is 0 Å². The van der Waals surface area contributed by atoms with E-state index >= 15 is 0 Å². The minimum absolute atomic E-state index is 0.323. The molecule has 0 radical (unpaired) electrons. The number of hydrazine groups is 1. The molecule has 0 amide bonds. The summed E-state index contributed by atoms with van der Waals surface area (Å²) < 4.78 is 4.99. The molecule has 0 aliphatic heterocycles. The smallest absolute Gasteiger partial charge is 0.118 e. The number of ether oxygens (including phenoxy) is 1. The molecular weight excluding hydrogens is 154 g/mol. The molecule has 0 saturated heterocycles. The summed E-state index contributed by atoms with van der Waals surface area (Å²) in [7, 11) is 1.62. The summed E-state index contributed by atoms with van der Waals surface area (Å²) in [6, 6.07) is 7.41. The zero-order valence-corrected chi connectivity index (χ0v) is 6.95. The lowest BCUT2D eigenvalue weighted by Crippen LogP contribution is -2.33. The van der Waals surface area contributed by atoms with Crippen LogP contribution in [0.5, 0.6) is 5.75 Å². The molecule has 1 aromatic carbocycles. The van der Waals surface area contributed by atoms with Gasteiger partial charge in [-0.05, 0) is 17.7 Å². The Bertz CT molecular complexity index is 235. The van der Waals surface area contributed by atoms with Crippen LogP contribution in [0.3, 0.4) is 0 Å². The predicted octanol–water partition coefficient (Wildman–Crippen LogP) is 0.116. The number of hydrogen-bond donors (Lipinski definition) is 3. The van der Waals surface area contributed by atoms with Crippen molar-refractivity contribution in [1.29, 1.82) is 0 Å². The van der Waals surface area contributed by atoms with Gasteiger partial charge in [0, 0.05) is 0 Å². The molecule has 4 heteroatoms. The molecule has 1 unspecified atom stereocenters. The van der Waals surface area contributed by atoms with Crippen molar-refractivity contribution in [3.05, 3.63) is 29.8 Å². The molecule has 1 atom stereocenters. The Labute approximate surface area is 71.5 Å². The van der Waals surface area contributed by atoms with E-state index in [4.69, 9.17) is 16.3 Å². The van der Waals surface area contributed by atoms with Gasteiger partial charge in [-0.3, -0.25) is 5.84 Å². The Morgan fingerprint density at radius 2 is 1.92 bits per heavy atom. The van der Waals surface area contributed by atoms with Crippen LogP contribution >= 0.6 is 0 Å². The van der Waals surface area contributed by atoms with Crippen LogP contribution in [0.15, 0.2) is 24.3 Å². The maximum Gasteiger partial charge on any atom is 0.118 e. The quantitative estimate of drug-likeness (QED) is 0.339. The first-order chi connectivity index (χ1) is 5.77. The van der Waals surface area contributed by atoms with Gasteiger partial charge in [0.25, 0.3) is 0 Å². The van der Waals surface area contributed by atoms with Gasteiger partial charge in [-0.2, -0.15) is 0 Å². The zero-order chi connectivity index (χ0) is 8.97. The third kappa shape index (κ3) is 1.94. The lowest BCUT2D eigenvalue weighted by atomic mass is 10.2. The molecule has 1 rings (SSSR count). The standard InChI is InChI=1S/C8H13N3O/c1-12-7-4-2-6(3-5-7)8(9)11-10/h2-5,8,11H,9-10H2,1H3. The lowest BCUT2D eigenvalue weighted by Gasteiger charge is -2.10. The average Bonchev–Trinajstić information content (AvgIpc) is 2.17. The zero-order valence-electron chi connectivity index (χ0n) is 6.95. The van der Waals surface area contributed by atoms with E-state index in [0.717, 1.165) is 11.3 Å². The van der Waals surface area contributed by atoms with Crippen LogP contribution in [-0.2, 0) is 0 Å². The molecule has 0 bridgehead atoms. The summed E-state index contributed by atoms with van der Waals surface area (Å²) in [6.07, 6.45) is -0.323. The summed E-state index contributed by atoms with van der Waals surface area (Å²) >= 11 is 0. The van der Waals surface area contributed by atoms with Crippen molar-refractivity contribution in [2.75, 3.05) is 7.11 Å². The van der Waals surface area contributed by atoms with Gasteiger partial charge < -0.3 is 10.5 Å². The fraction of sp³-hybridized carbons (Fsp3) is 0.250. The Kier molecular flexibility index (Phi) is 3.04. The molecule has 0 aliphatic rings. The van der Waals surface area contributed by atoms with Gasteiger partial charge in [-0.1, -0.05) is 12.1 Å². The molecule has 0 fully saturated rings. The first-order valence-electron chi connectivity index (χ1n) is 3.63. The van der Waals surface area contributed by atoms with Crippen molar-refractivity contribution >= 4 is 0 Å². The van der Waals surface area contributed by atoms with E-state index in [-0.39, 0.29) is 6.17 Å². The highest BCUT2D eigenvalue weighted by Gasteiger charge is 2.01. The molecule has 0 aliphatic carbocycles. The highest BCUT2D eigenvalue weighted by molar-refractivity contribution is 5.28. The maximum atomic E-state index is 5.61. The highest BCUT2D eigenvalue weighted by atomic mass is 16.5. The summed E-state index contributed by atoms with van der Waals surface area (Å²) in [5.74, 6) is 5.98. The first kappa shape index (κ1) is 8.99. The number of benzene rings is 1. The minimum atomic E-state index is -0.323. The van der Waals surface area contributed by atoms with Crippen LogP contribution in [0.2, 0.25) is 0 Å². The molecule has 1 aromatic rings. The van der Waals surface area contributed by atoms with Crippen molar-refractivity contribution in [2.45, 2.75) is 6.17 Å². The van der Waals surface area contributed by atoms with Crippen molar-refractivity contribution in [1.82, 2.24) is 5.43 Å². The van der Waals surface area contributed by atoms with Crippen LogP contribution < -0.4 is 21.7 Å². The molecule has 0 saturated carbocycles. The summed E-state index contributed by atoms with van der Waals surface area (Å²) in [5, 5.41) is 0. The van der Waals surface area contributed by atoms with Crippen LogP contribution in [0.25, 0.3) is 0 Å². The van der Waals surface area contributed by atoms with Crippen LogP contribution in [0, 0.1) is 0 Å². The molecule has 0 heterocycles. The fourth-order valence-corrected chi connectivity index (χ4v) is 0.907. The van der Waals surface area contributed by atoms with Gasteiger partial charge in [0.1, 0.15) is 5.75 Å². The van der Waals surface area contributed by atoms with Crippen molar-refractivity contribution in [3.8, 4) is 5.75 Å². The molecule has 12 heavy (non-hydrogen) atoms. The van der Waals surface area contributed by atoms with Crippen molar-refractivity contribution in [2.24, 2.45) is 11.6 Å². The van der Waals surface area contributed by atoms with Crippen LogP contribution in [-0.4, -0.2) is 7.11 Å². The van der Waals surface area contributed by atoms with Gasteiger partial charge >= 0.3 is 0 Å². The summed E-state index contributed by atoms with van der Waals surface area (Å²) in [6.45, 7) is 0. The van der Waals surface area contributed by atoms with E-state index in [0.29, 0.717) is 0 Å². The first-order valence-corrected chi connectivity index (χ1v) is 3.63. The van der Waals surface area contributed by atoms with Crippen molar-refractivity contribution < 1.29 is 4.74 Å². The Morgan fingerprint density at radius 3 is 2.33 bits per heavy atom. The second-order valence-corrected chi connectivity index (χ2v) is 2.42. The van der Waals surface area contributed by atoms with Gasteiger partial charge in [0.2, 0.25) is 0 Å². The number of rotatable bonds is 3. The van der Waals surface area contributed by atoms with Crippen LogP contribution in [0.4, 0.5) is 0 Å². The normalized spacial score (nSPS) is 12.6. The third-order valence-corrected chi connectivity index (χ3v) is 1.65.